The number of hydrogen-bond donors (Lipinski definition) is 0. The molecule has 0 aromatic heterocycles. The Morgan fingerprint density at radius 2 is 1.72 bits per heavy atom. The number of benzene rings is 1. The van der Waals surface area contributed by atoms with E-state index in [9.17, 15) is 13.2 Å². The second kappa shape index (κ2) is 8.01. The normalized spacial score (nSPS) is 23.5. The Balaban J connectivity index is 1.91. The maximum atomic E-state index is 13.3. The van der Waals surface area contributed by atoms with Crippen LogP contribution < -0.4 is 4.90 Å². The molecule has 1 atom stereocenters. The molecule has 1 aromatic rings. The molecular formula is C21H30F3N. The molecule has 1 heterocycles. The predicted octanol–water partition coefficient (Wildman–Crippen LogP) is 6.77. The SMILES string of the molecule is CCC1CCCN(c2ccc(C(F)(F)F)cc2C2CCCCC2)CC1. The Morgan fingerprint density at radius 1 is 0.960 bits per heavy atom. The van der Waals surface area contributed by atoms with Gasteiger partial charge in [-0.3, -0.25) is 0 Å². The van der Waals surface area contributed by atoms with E-state index in [1.54, 1.807) is 6.07 Å². The van der Waals surface area contributed by atoms with Gasteiger partial charge in [0.2, 0.25) is 0 Å². The Kier molecular flexibility index (Phi) is 5.96. The van der Waals surface area contributed by atoms with E-state index < -0.39 is 11.7 Å². The van der Waals surface area contributed by atoms with Crippen LogP contribution in [0.25, 0.3) is 0 Å². The molecule has 1 unspecified atom stereocenters. The molecule has 1 saturated carbocycles. The van der Waals surface area contributed by atoms with Gasteiger partial charge in [0.05, 0.1) is 5.56 Å². The van der Waals surface area contributed by atoms with Crippen molar-refractivity contribution in [3.8, 4) is 0 Å². The molecule has 1 aromatic carbocycles. The van der Waals surface area contributed by atoms with E-state index in [0.717, 1.165) is 68.8 Å². The fraction of sp³-hybridized carbons (Fsp3) is 0.714. The second-order valence-corrected chi connectivity index (χ2v) is 7.80. The lowest BCUT2D eigenvalue weighted by atomic mass is 9.82. The van der Waals surface area contributed by atoms with Crippen molar-refractivity contribution in [2.24, 2.45) is 5.92 Å². The fourth-order valence-electron chi connectivity index (χ4n) is 4.57. The van der Waals surface area contributed by atoms with Gasteiger partial charge in [0.25, 0.3) is 0 Å². The Morgan fingerprint density at radius 3 is 2.40 bits per heavy atom. The van der Waals surface area contributed by atoms with E-state index in [-0.39, 0.29) is 5.92 Å². The molecule has 1 aliphatic carbocycles. The number of halogens is 3. The zero-order chi connectivity index (χ0) is 17.9. The first-order chi connectivity index (χ1) is 12.0. The minimum atomic E-state index is -4.26. The van der Waals surface area contributed by atoms with Crippen molar-refractivity contribution < 1.29 is 13.2 Å². The molecule has 0 spiro atoms. The van der Waals surface area contributed by atoms with Crippen molar-refractivity contribution in [3.05, 3.63) is 29.3 Å². The van der Waals surface area contributed by atoms with Gasteiger partial charge in [-0.1, -0.05) is 32.6 Å². The van der Waals surface area contributed by atoms with Crippen molar-refractivity contribution in [2.45, 2.75) is 76.8 Å². The van der Waals surface area contributed by atoms with Gasteiger partial charge >= 0.3 is 6.18 Å². The average Bonchev–Trinajstić information content (AvgIpc) is 2.86. The topological polar surface area (TPSA) is 3.24 Å². The van der Waals surface area contributed by atoms with Gasteiger partial charge in [-0.05, 0) is 67.7 Å². The number of rotatable bonds is 3. The molecule has 3 rings (SSSR count). The van der Waals surface area contributed by atoms with E-state index in [4.69, 9.17) is 0 Å². The van der Waals surface area contributed by atoms with Crippen LogP contribution >= 0.6 is 0 Å². The summed E-state index contributed by atoms with van der Waals surface area (Å²) in [6.07, 6.45) is 6.03. The minimum Gasteiger partial charge on any atom is -0.371 e. The summed E-state index contributed by atoms with van der Waals surface area (Å²) in [4.78, 5) is 2.36. The van der Waals surface area contributed by atoms with E-state index >= 15 is 0 Å². The minimum absolute atomic E-state index is 0.288. The van der Waals surface area contributed by atoms with E-state index in [1.165, 1.54) is 31.4 Å². The summed E-state index contributed by atoms with van der Waals surface area (Å²) in [5, 5.41) is 0. The summed E-state index contributed by atoms with van der Waals surface area (Å²) in [5.74, 6) is 1.05. The van der Waals surface area contributed by atoms with Gasteiger partial charge < -0.3 is 4.90 Å². The first-order valence-electron chi connectivity index (χ1n) is 9.95. The van der Waals surface area contributed by atoms with Crippen LogP contribution in [0.4, 0.5) is 18.9 Å². The summed E-state index contributed by atoms with van der Waals surface area (Å²) in [7, 11) is 0. The largest absolute Gasteiger partial charge is 0.416 e. The fourth-order valence-corrected chi connectivity index (χ4v) is 4.57. The van der Waals surface area contributed by atoms with Crippen LogP contribution in [-0.4, -0.2) is 13.1 Å². The molecule has 4 heteroatoms. The number of anilines is 1. The summed E-state index contributed by atoms with van der Waals surface area (Å²) in [6, 6.07) is 4.48. The highest BCUT2D eigenvalue weighted by Gasteiger charge is 2.33. The standard InChI is InChI=1S/C21H30F3N/c1-2-16-7-6-13-25(14-12-16)20-11-10-18(21(22,23)24)15-19(20)17-8-4-3-5-9-17/h10-11,15-17H,2-9,12-14H2,1H3. The van der Waals surface area contributed by atoms with Gasteiger partial charge in [0.1, 0.15) is 0 Å². The summed E-state index contributed by atoms with van der Waals surface area (Å²) in [5.41, 5.74) is 1.53. The van der Waals surface area contributed by atoms with E-state index in [0.29, 0.717) is 0 Å². The Labute approximate surface area is 149 Å². The molecule has 0 bridgehead atoms. The molecule has 25 heavy (non-hydrogen) atoms. The zero-order valence-electron chi connectivity index (χ0n) is 15.2. The Bertz CT molecular complexity index is 561. The van der Waals surface area contributed by atoms with E-state index in [2.05, 4.69) is 11.8 Å². The number of hydrogen-bond acceptors (Lipinski definition) is 1. The molecule has 0 N–H and O–H groups in total. The van der Waals surface area contributed by atoms with Crippen LogP contribution in [0.5, 0.6) is 0 Å². The van der Waals surface area contributed by atoms with Gasteiger partial charge in [-0.15, -0.1) is 0 Å². The summed E-state index contributed by atoms with van der Waals surface area (Å²) in [6.45, 7) is 4.19. The molecular weight excluding hydrogens is 323 g/mol. The lowest BCUT2D eigenvalue weighted by molar-refractivity contribution is -0.137. The average molecular weight is 353 g/mol. The lowest BCUT2D eigenvalue weighted by Gasteiger charge is -2.31. The molecule has 0 amide bonds. The number of nitrogens with zero attached hydrogens (tertiary/aromatic N) is 1. The third-order valence-corrected chi connectivity index (χ3v) is 6.17. The third-order valence-electron chi connectivity index (χ3n) is 6.17. The van der Waals surface area contributed by atoms with Crippen molar-refractivity contribution >= 4 is 5.69 Å². The van der Waals surface area contributed by atoms with E-state index in [1.807, 2.05) is 0 Å². The van der Waals surface area contributed by atoms with Crippen molar-refractivity contribution in [1.82, 2.24) is 0 Å². The summed E-state index contributed by atoms with van der Waals surface area (Å²) < 4.78 is 39.8. The maximum Gasteiger partial charge on any atom is 0.416 e. The van der Waals surface area contributed by atoms with Crippen LogP contribution in [-0.2, 0) is 6.18 Å². The van der Waals surface area contributed by atoms with Crippen LogP contribution in [0, 0.1) is 5.92 Å². The molecule has 0 radical (unpaired) electrons. The first-order valence-corrected chi connectivity index (χ1v) is 9.95. The summed E-state index contributed by atoms with van der Waals surface area (Å²) >= 11 is 0. The zero-order valence-corrected chi connectivity index (χ0v) is 15.2. The van der Waals surface area contributed by atoms with Crippen LogP contribution in [0.3, 0.4) is 0 Å². The molecule has 140 valence electrons. The third kappa shape index (κ3) is 4.51. The highest BCUT2D eigenvalue weighted by atomic mass is 19.4. The Hall–Kier alpha value is -1.19. The van der Waals surface area contributed by atoms with Crippen LogP contribution in [0.2, 0.25) is 0 Å². The first kappa shape index (κ1) is 18.6. The van der Waals surface area contributed by atoms with Crippen molar-refractivity contribution in [3.63, 3.8) is 0 Å². The number of alkyl halides is 3. The highest BCUT2D eigenvalue weighted by Crippen LogP contribution is 2.41. The van der Waals surface area contributed by atoms with Crippen LogP contribution in [0.1, 0.15) is 81.8 Å². The van der Waals surface area contributed by atoms with Crippen molar-refractivity contribution in [2.75, 3.05) is 18.0 Å². The molecule has 2 aliphatic rings. The van der Waals surface area contributed by atoms with Gasteiger partial charge in [-0.2, -0.15) is 13.2 Å². The second-order valence-electron chi connectivity index (χ2n) is 7.80. The molecule has 1 nitrogen and oxygen atoms in total. The smallest absolute Gasteiger partial charge is 0.371 e. The van der Waals surface area contributed by atoms with Crippen LogP contribution in [0.15, 0.2) is 18.2 Å². The molecule has 1 aliphatic heterocycles. The lowest BCUT2D eigenvalue weighted by Crippen LogP contribution is -2.26. The van der Waals surface area contributed by atoms with Gasteiger partial charge in [0.15, 0.2) is 0 Å². The quantitative estimate of drug-likeness (QED) is 0.579. The highest BCUT2D eigenvalue weighted by molar-refractivity contribution is 5.57. The van der Waals surface area contributed by atoms with Crippen molar-refractivity contribution in [1.29, 1.82) is 0 Å². The monoisotopic (exact) mass is 353 g/mol. The molecule has 1 saturated heterocycles. The molecule has 2 fully saturated rings. The van der Waals surface area contributed by atoms with Gasteiger partial charge in [0, 0.05) is 18.8 Å². The van der Waals surface area contributed by atoms with Gasteiger partial charge in [-0.25, -0.2) is 0 Å². The predicted molar refractivity (Wildman–Crippen MR) is 97.1 cm³/mol. The maximum absolute atomic E-state index is 13.3.